The molecular weight excluding hydrogens is 226 g/mol. The predicted molar refractivity (Wildman–Crippen MR) is 61.3 cm³/mol. The van der Waals surface area contributed by atoms with Crippen LogP contribution in [0.5, 0.6) is 5.75 Å². The van der Waals surface area contributed by atoms with E-state index >= 15 is 0 Å². The quantitative estimate of drug-likeness (QED) is 0.536. The molecule has 1 unspecified atom stereocenters. The van der Waals surface area contributed by atoms with Gasteiger partial charge in [-0.15, -0.1) is 0 Å². The molecule has 0 spiro atoms. The van der Waals surface area contributed by atoms with Gasteiger partial charge >= 0.3 is 0 Å². The Kier molecular flexibility index (Phi) is 5.38. The Morgan fingerprint density at radius 1 is 1.24 bits per heavy atom. The Hall–Kier alpha value is -1.66. The lowest BCUT2D eigenvalue weighted by atomic mass is 10.3. The second-order valence-electron chi connectivity index (χ2n) is 3.38. The third-order valence-electron chi connectivity index (χ3n) is 2.17. The van der Waals surface area contributed by atoms with E-state index in [1.54, 1.807) is 26.4 Å². The second-order valence-corrected chi connectivity index (χ2v) is 3.38. The molecule has 1 rings (SSSR count). The molecule has 0 N–H and O–H groups in total. The second kappa shape index (κ2) is 6.82. The molecule has 6 nitrogen and oxygen atoms in total. The van der Waals surface area contributed by atoms with Crippen LogP contribution < -0.4 is 4.74 Å². The molecule has 0 aliphatic carbocycles. The number of hydrogen-bond acceptors (Lipinski definition) is 5. The highest BCUT2D eigenvalue weighted by molar-refractivity contribution is 5.35. The molecule has 94 valence electrons. The zero-order valence-corrected chi connectivity index (χ0v) is 9.79. The van der Waals surface area contributed by atoms with Gasteiger partial charge in [0.15, 0.2) is 0 Å². The Morgan fingerprint density at radius 3 is 2.35 bits per heavy atom. The fourth-order valence-corrected chi connectivity index (χ4v) is 1.22. The van der Waals surface area contributed by atoms with Crippen LogP contribution in [-0.4, -0.2) is 38.5 Å². The Bertz CT molecular complexity index is 351. The van der Waals surface area contributed by atoms with Crippen molar-refractivity contribution in [2.45, 2.75) is 6.10 Å². The minimum atomic E-state index is -0.452. The molecular formula is C11H15NO5. The van der Waals surface area contributed by atoms with Gasteiger partial charge in [0.05, 0.1) is 11.5 Å². The first-order chi connectivity index (χ1) is 8.17. The van der Waals surface area contributed by atoms with Crippen molar-refractivity contribution in [3.8, 4) is 5.75 Å². The molecule has 0 aromatic heterocycles. The van der Waals surface area contributed by atoms with Crippen molar-refractivity contribution in [2.75, 3.05) is 27.4 Å². The Balaban J connectivity index is 2.48. The van der Waals surface area contributed by atoms with E-state index < -0.39 is 4.92 Å². The van der Waals surface area contributed by atoms with Crippen LogP contribution >= 0.6 is 0 Å². The summed E-state index contributed by atoms with van der Waals surface area (Å²) in [6.07, 6.45) is -0.157. The van der Waals surface area contributed by atoms with Gasteiger partial charge in [0.2, 0.25) is 0 Å². The largest absolute Gasteiger partial charge is 0.491 e. The number of rotatable bonds is 7. The molecule has 0 heterocycles. The van der Waals surface area contributed by atoms with Crippen molar-refractivity contribution in [1.29, 1.82) is 0 Å². The van der Waals surface area contributed by atoms with Crippen molar-refractivity contribution in [3.05, 3.63) is 34.4 Å². The highest BCUT2D eigenvalue weighted by atomic mass is 16.6. The first-order valence-electron chi connectivity index (χ1n) is 5.06. The topological polar surface area (TPSA) is 70.8 Å². The standard InChI is InChI=1S/C11H15NO5/c1-15-7-11(16-2)8-17-10-5-3-9(4-6-10)12(13)14/h3-6,11H,7-8H2,1-2H3. The van der Waals surface area contributed by atoms with Crippen LogP contribution in [0.1, 0.15) is 0 Å². The minimum Gasteiger partial charge on any atom is -0.491 e. The third-order valence-corrected chi connectivity index (χ3v) is 2.17. The molecule has 0 saturated carbocycles. The number of methoxy groups -OCH3 is 2. The van der Waals surface area contributed by atoms with E-state index in [1.807, 2.05) is 0 Å². The summed E-state index contributed by atoms with van der Waals surface area (Å²) in [5, 5.41) is 10.4. The summed E-state index contributed by atoms with van der Waals surface area (Å²) in [5.74, 6) is 0.564. The minimum absolute atomic E-state index is 0.0394. The third kappa shape index (κ3) is 4.38. The maximum absolute atomic E-state index is 10.4. The summed E-state index contributed by atoms with van der Waals surface area (Å²) < 4.78 is 15.5. The fourth-order valence-electron chi connectivity index (χ4n) is 1.22. The van der Waals surface area contributed by atoms with Crippen molar-refractivity contribution < 1.29 is 19.1 Å². The molecule has 0 bridgehead atoms. The molecule has 1 aromatic rings. The number of nitrogens with zero attached hydrogens (tertiary/aromatic N) is 1. The zero-order chi connectivity index (χ0) is 12.7. The van der Waals surface area contributed by atoms with E-state index in [0.717, 1.165) is 0 Å². The highest BCUT2D eigenvalue weighted by Gasteiger charge is 2.09. The van der Waals surface area contributed by atoms with Crippen LogP contribution in [0.25, 0.3) is 0 Å². The highest BCUT2D eigenvalue weighted by Crippen LogP contribution is 2.17. The number of nitro groups is 1. The molecule has 0 radical (unpaired) electrons. The van der Waals surface area contributed by atoms with Crippen molar-refractivity contribution in [1.82, 2.24) is 0 Å². The van der Waals surface area contributed by atoms with Gasteiger partial charge in [-0.3, -0.25) is 10.1 Å². The smallest absolute Gasteiger partial charge is 0.269 e. The summed E-state index contributed by atoms with van der Waals surface area (Å²) in [6, 6.07) is 5.90. The summed E-state index contributed by atoms with van der Waals surface area (Å²) in [4.78, 5) is 9.99. The number of ether oxygens (including phenoxy) is 3. The molecule has 6 heteroatoms. The van der Waals surface area contributed by atoms with Gasteiger partial charge < -0.3 is 14.2 Å². The lowest BCUT2D eigenvalue weighted by Gasteiger charge is -2.15. The van der Waals surface area contributed by atoms with E-state index in [9.17, 15) is 10.1 Å². The van der Waals surface area contributed by atoms with Crippen molar-refractivity contribution in [3.63, 3.8) is 0 Å². The van der Waals surface area contributed by atoms with Gasteiger partial charge in [0.1, 0.15) is 18.5 Å². The maximum Gasteiger partial charge on any atom is 0.269 e. The molecule has 1 atom stereocenters. The molecule has 0 aliphatic rings. The van der Waals surface area contributed by atoms with Crippen LogP contribution in [0, 0.1) is 10.1 Å². The van der Waals surface area contributed by atoms with Crippen LogP contribution in [-0.2, 0) is 9.47 Å². The van der Waals surface area contributed by atoms with Gasteiger partial charge in [0.25, 0.3) is 5.69 Å². The maximum atomic E-state index is 10.4. The predicted octanol–water partition coefficient (Wildman–Crippen LogP) is 1.64. The van der Waals surface area contributed by atoms with Gasteiger partial charge in [-0.05, 0) is 12.1 Å². The first-order valence-corrected chi connectivity index (χ1v) is 5.06. The molecule has 0 fully saturated rings. The summed E-state index contributed by atoms with van der Waals surface area (Å²) >= 11 is 0. The number of hydrogen-bond donors (Lipinski definition) is 0. The molecule has 0 aliphatic heterocycles. The van der Waals surface area contributed by atoms with Gasteiger partial charge in [-0.2, -0.15) is 0 Å². The van der Waals surface area contributed by atoms with Gasteiger partial charge in [-0.25, -0.2) is 0 Å². The van der Waals surface area contributed by atoms with Crippen LogP contribution in [0.3, 0.4) is 0 Å². The Labute approximate surface area is 99.2 Å². The number of benzene rings is 1. The van der Waals surface area contributed by atoms with Gasteiger partial charge in [-0.1, -0.05) is 0 Å². The normalized spacial score (nSPS) is 12.1. The van der Waals surface area contributed by atoms with Crippen LogP contribution in [0.15, 0.2) is 24.3 Å². The van der Waals surface area contributed by atoms with Gasteiger partial charge in [0, 0.05) is 26.4 Å². The SMILES string of the molecule is COCC(COc1ccc([N+](=O)[O-])cc1)OC. The monoisotopic (exact) mass is 241 g/mol. The van der Waals surface area contributed by atoms with Crippen molar-refractivity contribution in [2.24, 2.45) is 0 Å². The molecule has 0 amide bonds. The molecule has 1 aromatic carbocycles. The summed E-state index contributed by atoms with van der Waals surface area (Å²) in [6.45, 7) is 0.769. The average Bonchev–Trinajstić information content (AvgIpc) is 2.35. The van der Waals surface area contributed by atoms with Crippen molar-refractivity contribution >= 4 is 5.69 Å². The molecule has 0 saturated heterocycles. The Morgan fingerprint density at radius 2 is 1.88 bits per heavy atom. The number of nitro benzene ring substituents is 1. The lowest BCUT2D eigenvalue weighted by Crippen LogP contribution is -2.25. The van der Waals surface area contributed by atoms with Crippen LogP contribution in [0.4, 0.5) is 5.69 Å². The van der Waals surface area contributed by atoms with Crippen LogP contribution in [0.2, 0.25) is 0 Å². The number of non-ortho nitro benzene ring substituents is 1. The van der Waals surface area contributed by atoms with E-state index in [-0.39, 0.29) is 11.8 Å². The lowest BCUT2D eigenvalue weighted by molar-refractivity contribution is -0.384. The average molecular weight is 241 g/mol. The first kappa shape index (κ1) is 13.4. The van der Waals surface area contributed by atoms with E-state index in [0.29, 0.717) is 19.0 Å². The van der Waals surface area contributed by atoms with E-state index in [1.165, 1.54) is 12.1 Å². The zero-order valence-electron chi connectivity index (χ0n) is 9.79. The summed E-state index contributed by atoms with van der Waals surface area (Å²) in [7, 11) is 3.15. The van der Waals surface area contributed by atoms with E-state index in [4.69, 9.17) is 14.2 Å². The summed E-state index contributed by atoms with van der Waals surface area (Å²) in [5.41, 5.74) is 0.0394. The molecule has 17 heavy (non-hydrogen) atoms. The van der Waals surface area contributed by atoms with E-state index in [2.05, 4.69) is 0 Å². The fraction of sp³-hybridized carbons (Fsp3) is 0.455.